The van der Waals surface area contributed by atoms with Gasteiger partial charge in [-0.1, -0.05) is 44.0 Å². The molecular formula is C30H33ClF2N4. The van der Waals surface area contributed by atoms with Crippen molar-refractivity contribution in [1.29, 1.82) is 5.41 Å². The molecule has 37 heavy (non-hydrogen) atoms. The molecule has 4 aromatic rings. The minimum Gasteiger partial charge on any atom is -0.384 e. The third-order valence-corrected chi connectivity index (χ3v) is 5.76. The Morgan fingerprint density at radius 3 is 1.70 bits per heavy atom. The third-order valence-electron chi connectivity index (χ3n) is 5.76. The zero-order valence-corrected chi connectivity index (χ0v) is 21.8. The van der Waals surface area contributed by atoms with Gasteiger partial charge in [0.15, 0.2) is 5.82 Å². The Balaban J connectivity index is 0.000000369. The molecule has 0 fully saturated rings. The van der Waals surface area contributed by atoms with Gasteiger partial charge in [0.1, 0.15) is 17.5 Å². The molecule has 0 saturated heterocycles. The van der Waals surface area contributed by atoms with Gasteiger partial charge in [0.25, 0.3) is 0 Å². The van der Waals surface area contributed by atoms with Gasteiger partial charge in [0.05, 0.1) is 0 Å². The number of rotatable bonds is 9. The number of hydrogen-bond acceptors (Lipinski definition) is 3. The van der Waals surface area contributed by atoms with Gasteiger partial charge in [-0.3, -0.25) is 5.41 Å². The summed E-state index contributed by atoms with van der Waals surface area (Å²) in [5.74, 6) is 0.0249. The molecule has 0 atom stereocenters. The van der Waals surface area contributed by atoms with Gasteiger partial charge in [0, 0.05) is 23.5 Å². The van der Waals surface area contributed by atoms with Crippen molar-refractivity contribution < 1.29 is 8.78 Å². The number of halogens is 3. The van der Waals surface area contributed by atoms with Gasteiger partial charge in [-0.25, -0.2) is 18.7 Å². The van der Waals surface area contributed by atoms with Crippen LogP contribution in [-0.2, 0) is 19.3 Å². The van der Waals surface area contributed by atoms with Crippen LogP contribution in [0.1, 0.15) is 48.4 Å². The number of hydrogen-bond donors (Lipinski definition) is 2. The minimum absolute atomic E-state index is 0. The van der Waals surface area contributed by atoms with E-state index in [1.165, 1.54) is 73.2 Å². The highest BCUT2D eigenvalue weighted by Gasteiger charge is 2.03. The van der Waals surface area contributed by atoms with Crippen LogP contribution in [0.4, 0.5) is 8.78 Å². The molecule has 0 aliphatic rings. The second kappa shape index (κ2) is 15.5. The lowest BCUT2D eigenvalue weighted by Gasteiger charge is -2.05. The van der Waals surface area contributed by atoms with Crippen LogP contribution in [0.25, 0.3) is 11.4 Å². The Hall–Kier alpha value is -3.64. The monoisotopic (exact) mass is 522 g/mol. The molecule has 0 aliphatic carbocycles. The van der Waals surface area contributed by atoms with Crippen molar-refractivity contribution in [1.82, 2.24) is 9.97 Å². The number of benzene rings is 3. The Bertz CT molecular complexity index is 1210. The van der Waals surface area contributed by atoms with Gasteiger partial charge in [-0.2, -0.15) is 0 Å². The molecule has 0 saturated carbocycles. The molecule has 7 heteroatoms. The number of nitrogens with zero attached hydrogens (tertiary/aromatic N) is 2. The summed E-state index contributed by atoms with van der Waals surface area (Å²) in [5, 5.41) is 6.96. The largest absolute Gasteiger partial charge is 0.384 e. The van der Waals surface area contributed by atoms with E-state index in [1.807, 2.05) is 12.4 Å². The quantitative estimate of drug-likeness (QED) is 0.137. The predicted octanol–water partition coefficient (Wildman–Crippen LogP) is 7.33. The standard InChI is InChI=1S/C23H25FN2.C7H7FN2.ClH/c1-2-3-4-5-18-6-8-19(9-7-18)10-11-20-16-25-23(26-17-20)21-12-14-22(24)15-13-21;8-6-3-1-5(2-4-6)7(9)10;/h6-9,12-17H,2-5,10-11H2,1H3;1-4H,(H3,9,10);1H. The summed E-state index contributed by atoms with van der Waals surface area (Å²) in [6.45, 7) is 2.24. The van der Waals surface area contributed by atoms with E-state index >= 15 is 0 Å². The molecule has 1 heterocycles. The van der Waals surface area contributed by atoms with Crippen LogP contribution in [0.3, 0.4) is 0 Å². The molecule has 0 amide bonds. The summed E-state index contributed by atoms with van der Waals surface area (Å²) in [5.41, 5.74) is 10.4. The Kier molecular flexibility index (Phi) is 12.4. The third kappa shape index (κ3) is 10.1. The highest BCUT2D eigenvalue weighted by molar-refractivity contribution is 5.94. The van der Waals surface area contributed by atoms with Crippen LogP contribution in [0.15, 0.2) is 85.2 Å². The number of unbranched alkanes of at least 4 members (excludes halogenated alkanes) is 2. The summed E-state index contributed by atoms with van der Waals surface area (Å²) in [6, 6.07) is 20.7. The summed E-state index contributed by atoms with van der Waals surface area (Å²) in [4.78, 5) is 8.83. The minimum atomic E-state index is -0.315. The highest BCUT2D eigenvalue weighted by atomic mass is 35.5. The summed E-state index contributed by atoms with van der Waals surface area (Å²) < 4.78 is 25.2. The number of amidine groups is 1. The van der Waals surface area contributed by atoms with E-state index in [0.717, 1.165) is 24.0 Å². The summed E-state index contributed by atoms with van der Waals surface area (Å²) >= 11 is 0. The lowest BCUT2D eigenvalue weighted by atomic mass is 10.0. The van der Waals surface area contributed by atoms with Gasteiger partial charge in [0.2, 0.25) is 0 Å². The van der Waals surface area contributed by atoms with E-state index in [9.17, 15) is 8.78 Å². The van der Waals surface area contributed by atoms with Crippen LogP contribution in [-0.4, -0.2) is 15.8 Å². The number of aromatic nitrogens is 2. The van der Waals surface area contributed by atoms with Crippen LogP contribution >= 0.6 is 12.4 Å². The molecular weight excluding hydrogens is 490 g/mol. The molecule has 1 aromatic heterocycles. The maximum absolute atomic E-state index is 13.0. The first-order valence-electron chi connectivity index (χ1n) is 12.2. The van der Waals surface area contributed by atoms with Crippen molar-refractivity contribution in [3.63, 3.8) is 0 Å². The molecule has 0 spiro atoms. The van der Waals surface area contributed by atoms with Gasteiger partial charge in [-0.05, 0) is 90.9 Å². The average molecular weight is 523 g/mol. The maximum atomic E-state index is 13.0. The van der Waals surface area contributed by atoms with Gasteiger partial charge < -0.3 is 5.73 Å². The van der Waals surface area contributed by atoms with E-state index in [4.69, 9.17) is 11.1 Å². The Labute approximate surface area is 223 Å². The van der Waals surface area contributed by atoms with Crippen LogP contribution in [0.2, 0.25) is 0 Å². The lowest BCUT2D eigenvalue weighted by molar-refractivity contribution is 0.627. The van der Waals surface area contributed by atoms with Gasteiger partial charge in [-0.15, -0.1) is 12.4 Å². The van der Waals surface area contributed by atoms with E-state index in [2.05, 4.69) is 41.2 Å². The van der Waals surface area contributed by atoms with Gasteiger partial charge >= 0.3 is 0 Å². The Morgan fingerprint density at radius 1 is 0.703 bits per heavy atom. The molecule has 3 N–H and O–H groups in total. The first-order valence-corrected chi connectivity index (χ1v) is 12.2. The molecule has 194 valence electrons. The normalized spacial score (nSPS) is 10.1. The second-order valence-corrected chi connectivity index (χ2v) is 8.62. The molecule has 0 bridgehead atoms. The van der Waals surface area contributed by atoms with E-state index < -0.39 is 0 Å². The number of nitrogen functional groups attached to an aromatic ring is 1. The molecule has 3 aromatic carbocycles. The zero-order chi connectivity index (χ0) is 25.8. The Morgan fingerprint density at radius 2 is 1.19 bits per heavy atom. The van der Waals surface area contributed by atoms with E-state index in [-0.39, 0.29) is 29.9 Å². The first-order chi connectivity index (χ1) is 17.4. The fourth-order valence-electron chi connectivity index (χ4n) is 3.60. The van der Waals surface area contributed by atoms with Crippen molar-refractivity contribution in [2.24, 2.45) is 5.73 Å². The number of nitrogens with two attached hydrogens (primary N) is 1. The van der Waals surface area contributed by atoms with Crippen molar-refractivity contribution in [3.05, 3.63) is 119 Å². The van der Waals surface area contributed by atoms with Crippen molar-refractivity contribution in [2.45, 2.75) is 45.4 Å². The summed E-state index contributed by atoms with van der Waals surface area (Å²) in [7, 11) is 0. The van der Waals surface area contributed by atoms with E-state index in [0.29, 0.717) is 11.4 Å². The zero-order valence-electron chi connectivity index (χ0n) is 21.0. The average Bonchev–Trinajstić information content (AvgIpc) is 2.90. The fraction of sp³-hybridized carbons (Fsp3) is 0.233. The van der Waals surface area contributed by atoms with E-state index in [1.54, 1.807) is 12.1 Å². The maximum Gasteiger partial charge on any atom is 0.159 e. The first kappa shape index (κ1) is 29.6. The van der Waals surface area contributed by atoms with Crippen LogP contribution in [0, 0.1) is 17.0 Å². The smallest absolute Gasteiger partial charge is 0.159 e. The number of nitrogens with one attached hydrogen (secondary N) is 1. The molecule has 0 unspecified atom stereocenters. The fourth-order valence-corrected chi connectivity index (χ4v) is 3.60. The topological polar surface area (TPSA) is 75.7 Å². The molecule has 4 rings (SSSR count). The SMILES string of the molecule is CCCCCc1ccc(CCc2cnc(-c3ccc(F)cc3)nc2)cc1.Cl.N=C(N)c1ccc(F)cc1. The molecule has 0 radical (unpaired) electrons. The highest BCUT2D eigenvalue weighted by Crippen LogP contribution is 2.16. The van der Waals surface area contributed by atoms with Crippen molar-refractivity contribution in [2.75, 3.05) is 0 Å². The van der Waals surface area contributed by atoms with Crippen molar-refractivity contribution in [3.8, 4) is 11.4 Å². The van der Waals surface area contributed by atoms with Crippen molar-refractivity contribution >= 4 is 18.2 Å². The molecule has 0 aliphatic heterocycles. The predicted molar refractivity (Wildman–Crippen MR) is 149 cm³/mol. The number of aryl methyl sites for hydroxylation is 3. The van der Waals surface area contributed by atoms with Crippen LogP contribution < -0.4 is 5.73 Å². The second-order valence-electron chi connectivity index (χ2n) is 8.62. The summed E-state index contributed by atoms with van der Waals surface area (Å²) in [6.07, 6.45) is 10.6. The van der Waals surface area contributed by atoms with Crippen LogP contribution in [0.5, 0.6) is 0 Å². The lowest BCUT2D eigenvalue weighted by Crippen LogP contribution is -2.10. The molecule has 4 nitrogen and oxygen atoms in total.